The highest BCUT2D eigenvalue weighted by molar-refractivity contribution is 14.1. The van der Waals surface area contributed by atoms with E-state index in [9.17, 15) is 0 Å². The number of nitrogens with one attached hydrogen (secondary N) is 1. The van der Waals surface area contributed by atoms with Crippen LogP contribution in [0, 0.1) is 3.57 Å². The fourth-order valence-electron chi connectivity index (χ4n) is 1.97. The molecule has 106 valence electrons. The number of aromatic nitrogens is 2. The standard InChI is InChI=1S/C15H17ClIN3/c1-9(2)14-13(17)15(18-3)20-12(19-14)8-10-5-4-6-11(16)7-10/h4-7,9H,8H2,1-3H3,(H,18,19,20). The van der Waals surface area contributed by atoms with Crippen molar-refractivity contribution < 1.29 is 0 Å². The second-order valence-electron chi connectivity index (χ2n) is 4.90. The molecular formula is C15H17ClIN3. The quantitative estimate of drug-likeness (QED) is 0.767. The summed E-state index contributed by atoms with van der Waals surface area (Å²) in [5, 5.41) is 3.89. The number of hydrogen-bond donors (Lipinski definition) is 1. The van der Waals surface area contributed by atoms with E-state index in [2.05, 4.69) is 46.7 Å². The topological polar surface area (TPSA) is 37.8 Å². The molecule has 0 atom stereocenters. The fourth-order valence-corrected chi connectivity index (χ4v) is 3.32. The van der Waals surface area contributed by atoms with Gasteiger partial charge >= 0.3 is 0 Å². The Balaban J connectivity index is 2.39. The number of hydrogen-bond acceptors (Lipinski definition) is 3. The average molecular weight is 402 g/mol. The summed E-state index contributed by atoms with van der Waals surface area (Å²) in [6, 6.07) is 7.82. The Bertz CT molecular complexity index is 614. The van der Waals surface area contributed by atoms with Gasteiger partial charge in [0, 0.05) is 18.5 Å². The van der Waals surface area contributed by atoms with Gasteiger partial charge in [0.05, 0.1) is 9.26 Å². The number of halogens is 2. The lowest BCUT2D eigenvalue weighted by atomic mass is 10.1. The lowest BCUT2D eigenvalue weighted by molar-refractivity contribution is 0.784. The second kappa shape index (κ2) is 6.72. The van der Waals surface area contributed by atoms with Crippen LogP contribution in [-0.4, -0.2) is 17.0 Å². The molecule has 1 aromatic heterocycles. The minimum Gasteiger partial charge on any atom is -0.372 e. The van der Waals surface area contributed by atoms with Crippen LogP contribution in [0.25, 0.3) is 0 Å². The first kappa shape index (κ1) is 15.5. The molecule has 20 heavy (non-hydrogen) atoms. The third-order valence-electron chi connectivity index (χ3n) is 2.96. The van der Waals surface area contributed by atoms with Gasteiger partial charge in [-0.25, -0.2) is 9.97 Å². The van der Waals surface area contributed by atoms with Gasteiger partial charge in [0.1, 0.15) is 11.6 Å². The molecule has 0 bridgehead atoms. The zero-order valence-electron chi connectivity index (χ0n) is 11.7. The van der Waals surface area contributed by atoms with E-state index < -0.39 is 0 Å². The molecule has 1 N–H and O–H groups in total. The first-order valence-corrected chi connectivity index (χ1v) is 7.95. The van der Waals surface area contributed by atoms with Crippen LogP contribution in [0.4, 0.5) is 5.82 Å². The maximum absolute atomic E-state index is 6.02. The van der Waals surface area contributed by atoms with Crippen molar-refractivity contribution in [3.8, 4) is 0 Å². The molecule has 0 saturated heterocycles. The van der Waals surface area contributed by atoms with E-state index in [1.165, 1.54) is 0 Å². The van der Waals surface area contributed by atoms with Crippen LogP contribution in [-0.2, 0) is 6.42 Å². The molecule has 3 nitrogen and oxygen atoms in total. The summed E-state index contributed by atoms with van der Waals surface area (Å²) in [6.45, 7) is 4.29. The van der Waals surface area contributed by atoms with Crippen LogP contribution in [0.5, 0.6) is 0 Å². The number of benzene rings is 1. The Morgan fingerprint density at radius 3 is 2.65 bits per heavy atom. The van der Waals surface area contributed by atoms with Gasteiger partial charge in [-0.05, 0) is 46.2 Å². The zero-order chi connectivity index (χ0) is 14.7. The minimum absolute atomic E-state index is 0.370. The monoisotopic (exact) mass is 401 g/mol. The van der Waals surface area contributed by atoms with Crippen LogP contribution in [0.3, 0.4) is 0 Å². The van der Waals surface area contributed by atoms with E-state index in [-0.39, 0.29) is 0 Å². The first-order chi connectivity index (χ1) is 9.51. The number of rotatable bonds is 4. The molecule has 1 heterocycles. The Kier molecular flexibility index (Phi) is 5.21. The lowest BCUT2D eigenvalue weighted by Crippen LogP contribution is -2.09. The molecule has 0 unspecified atom stereocenters. The van der Waals surface area contributed by atoms with E-state index in [0.717, 1.165) is 31.5 Å². The molecule has 5 heteroatoms. The zero-order valence-corrected chi connectivity index (χ0v) is 14.7. The van der Waals surface area contributed by atoms with Gasteiger partial charge in [-0.3, -0.25) is 0 Å². The van der Waals surface area contributed by atoms with Gasteiger partial charge in [0.15, 0.2) is 0 Å². The lowest BCUT2D eigenvalue weighted by Gasteiger charge is -2.13. The molecule has 0 radical (unpaired) electrons. The highest BCUT2D eigenvalue weighted by Crippen LogP contribution is 2.25. The Hall–Kier alpha value is -0.880. The minimum atomic E-state index is 0.370. The molecule has 1 aromatic carbocycles. The van der Waals surface area contributed by atoms with E-state index in [1.807, 2.05) is 31.3 Å². The largest absolute Gasteiger partial charge is 0.372 e. The summed E-state index contributed by atoms with van der Waals surface area (Å²) in [5.41, 5.74) is 2.21. The predicted octanol–water partition coefficient (Wildman–Crippen LogP) is 4.49. The third-order valence-corrected chi connectivity index (χ3v) is 4.26. The summed E-state index contributed by atoms with van der Waals surface area (Å²) in [7, 11) is 1.89. The molecular weight excluding hydrogens is 385 g/mol. The van der Waals surface area contributed by atoms with Gasteiger partial charge < -0.3 is 5.32 Å². The maximum Gasteiger partial charge on any atom is 0.143 e. The van der Waals surface area contributed by atoms with Crippen molar-refractivity contribution in [1.82, 2.24) is 9.97 Å². The van der Waals surface area contributed by atoms with Crippen LogP contribution in [0.1, 0.15) is 36.8 Å². The van der Waals surface area contributed by atoms with Gasteiger partial charge in [-0.15, -0.1) is 0 Å². The van der Waals surface area contributed by atoms with Crippen molar-refractivity contribution in [1.29, 1.82) is 0 Å². The normalized spacial score (nSPS) is 10.9. The number of nitrogens with zero attached hydrogens (tertiary/aromatic N) is 2. The molecule has 0 aliphatic heterocycles. The van der Waals surface area contributed by atoms with Crippen molar-refractivity contribution >= 4 is 40.0 Å². The Morgan fingerprint density at radius 2 is 2.05 bits per heavy atom. The SMILES string of the molecule is CNc1nc(Cc2cccc(Cl)c2)nc(C(C)C)c1I. The van der Waals surface area contributed by atoms with Gasteiger partial charge in [-0.2, -0.15) is 0 Å². The van der Waals surface area contributed by atoms with Crippen molar-refractivity contribution in [2.24, 2.45) is 0 Å². The maximum atomic E-state index is 6.02. The van der Waals surface area contributed by atoms with Crippen molar-refractivity contribution in [3.05, 3.63) is 49.9 Å². The Labute approximate surface area is 138 Å². The van der Waals surface area contributed by atoms with E-state index >= 15 is 0 Å². The molecule has 0 fully saturated rings. The average Bonchev–Trinajstić information content (AvgIpc) is 2.40. The highest BCUT2D eigenvalue weighted by atomic mass is 127. The van der Waals surface area contributed by atoms with Gasteiger partial charge in [0.2, 0.25) is 0 Å². The van der Waals surface area contributed by atoms with Gasteiger partial charge in [0.25, 0.3) is 0 Å². The van der Waals surface area contributed by atoms with Crippen LogP contribution in [0.2, 0.25) is 5.02 Å². The molecule has 0 saturated carbocycles. The molecule has 2 aromatic rings. The highest BCUT2D eigenvalue weighted by Gasteiger charge is 2.14. The summed E-state index contributed by atoms with van der Waals surface area (Å²) < 4.78 is 1.09. The molecule has 0 aliphatic rings. The van der Waals surface area contributed by atoms with Crippen LogP contribution < -0.4 is 5.32 Å². The fraction of sp³-hybridized carbons (Fsp3) is 0.333. The van der Waals surface area contributed by atoms with Crippen molar-refractivity contribution in [2.45, 2.75) is 26.2 Å². The van der Waals surface area contributed by atoms with Crippen molar-refractivity contribution in [3.63, 3.8) is 0 Å². The van der Waals surface area contributed by atoms with Gasteiger partial charge in [-0.1, -0.05) is 37.6 Å². The number of anilines is 1. The molecule has 2 rings (SSSR count). The smallest absolute Gasteiger partial charge is 0.143 e. The van der Waals surface area contributed by atoms with Crippen molar-refractivity contribution in [2.75, 3.05) is 12.4 Å². The van der Waals surface area contributed by atoms with E-state index in [4.69, 9.17) is 16.6 Å². The summed E-state index contributed by atoms with van der Waals surface area (Å²) in [4.78, 5) is 9.29. The predicted molar refractivity (Wildman–Crippen MR) is 92.6 cm³/mol. The van der Waals surface area contributed by atoms with Crippen LogP contribution >= 0.6 is 34.2 Å². The second-order valence-corrected chi connectivity index (χ2v) is 6.41. The Morgan fingerprint density at radius 1 is 1.30 bits per heavy atom. The molecule has 0 amide bonds. The molecule has 0 spiro atoms. The van der Waals surface area contributed by atoms with E-state index in [1.54, 1.807) is 0 Å². The third kappa shape index (κ3) is 3.61. The summed E-state index contributed by atoms with van der Waals surface area (Å²) in [6.07, 6.45) is 0.686. The van der Waals surface area contributed by atoms with E-state index in [0.29, 0.717) is 12.3 Å². The summed E-state index contributed by atoms with van der Waals surface area (Å²) in [5.74, 6) is 2.08. The first-order valence-electron chi connectivity index (χ1n) is 6.49. The van der Waals surface area contributed by atoms with Crippen LogP contribution in [0.15, 0.2) is 24.3 Å². The summed E-state index contributed by atoms with van der Waals surface area (Å²) >= 11 is 8.32. The molecule has 0 aliphatic carbocycles.